The Balaban J connectivity index is 1.43. The number of ether oxygens (including phenoxy) is 1. The molecule has 0 aliphatic carbocycles. The zero-order chi connectivity index (χ0) is 20.5. The molecule has 1 fully saturated rings. The summed E-state index contributed by atoms with van der Waals surface area (Å²) in [6, 6.07) is 16.7. The van der Waals surface area contributed by atoms with E-state index in [-0.39, 0.29) is 24.9 Å². The number of carbonyl (C=O) groups excluding carboxylic acids is 2. The van der Waals surface area contributed by atoms with Crippen LogP contribution in [0.1, 0.15) is 24.0 Å². The molecule has 1 aliphatic rings. The topological polar surface area (TPSA) is 94.5 Å². The molecule has 7 heteroatoms. The molecule has 150 valence electrons. The van der Waals surface area contributed by atoms with Gasteiger partial charge in [0, 0.05) is 24.8 Å². The molecule has 1 heterocycles. The van der Waals surface area contributed by atoms with Gasteiger partial charge in [0.2, 0.25) is 11.8 Å². The van der Waals surface area contributed by atoms with Crippen LogP contribution in [0.4, 0.5) is 5.69 Å². The van der Waals surface area contributed by atoms with E-state index in [4.69, 9.17) is 10.00 Å². The van der Waals surface area contributed by atoms with Crippen molar-refractivity contribution in [3.05, 3.63) is 59.7 Å². The quantitative estimate of drug-likeness (QED) is 0.719. The van der Waals surface area contributed by atoms with Gasteiger partial charge in [-0.05, 0) is 42.7 Å². The average Bonchev–Trinajstić information content (AvgIpc) is 3.30. The lowest BCUT2D eigenvalue weighted by Crippen LogP contribution is -2.40. The molecule has 7 nitrogen and oxygen atoms in total. The predicted octanol–water partition coefficient (Wildman–Crippen LogP) is 2.29. The molecular formula is C22H24N4O3. The number of hydrogen-bond donors (Lipinski definition) is 2. The monoisotopic (exact) mass is 392 g/mol. The van der Waals surface area contributed by atoms with E-state index in [1.165, 1.54) is 0 Å². The normalized spacial score (nSPS) is 12.9. The lowest BCUT2D eigenvalue weighted by Gasteiger charge is -2.15. The molecule has 1 aliphatic heterocycles. The van der Waals surface area contributed by atoms with Crippen molar-refractivity contribution in [3.63, 3.8) is 0 Å². The third kappa shape index (κ3) is 6.25. The van der Waals surface area contributed by atoms with E-state index in [0.717, 1.165) is 37.2 Å². The number of likely N-dealkylation sites (tertiary alicyclic amines) is 1. The minimum absolute atomic E-state index is 0.0332. The maximum Gasteiger partial charge on any atom is 0.241 e. The first-order valence-electron chi connectivity index (χ1n) is 9.64. The number of nitrogens with zero attached hydrogens (tertiary/aromatic N) is 2. The first-order chi connectivity index (χ1) is 14.1. The van der Waals surface area contributed by atoms with Crippen molar-refractivity contribution in [2.45, 2.75) is 19.4 Å². The van der Waals surface area contributed by atoms with Crippen molar-refractivity contribution in [1.82, 2.24) is 10.2 Å². The fourth-order valence-electron chi connectivity index (χ4n) is 3.09. The molecule has 0 aromatic heterocycles. The zero-order valence-corrected chi connectivity index (χ0v) is 16.2. The van der Waals surface area contributed by atoms with Crippen molar-refractivity contribution >= 4 is 17.5 Å². The van der Waals surface area contributed by atoms with Crippen molar-refractivity contribution in [1.29, 1.82) is 5.26 Å². The first kappa shape index (κ1) is 20.2. The van der Waals surface area contributed by atoms with Crippen molar-refractivity contribution < 1.29 is 14.3 Å². The molecule has 2 aromatic rings. The van der Waals surface area contributed by atoms with Crippen LogP contribution in [-0.4, -0.2) is 42.9 Å². The summed E-state index contributed by atoms with van der Waals surface area (Å²) in [4.78, 5) is 25.7. The van der Waals surface area contributed by atoms with E-state index in [9.17, 15) is 9.59 Å². The maximum atomic E-state index is 12.0. The molecule has 1 saturated heterocycles. The van der Waals surface area contributed by atoms with Gasteiger partial charge in [0.1, 0.15) is 12.4 Å². The van der Waals surface area contributed by atoms with Gasteiger partial charge in [0.05, 0.1) is 24.7 Å². The molecule has 0 radical (unpaired) electrons. The summed E-state index contributed by atoms with van der Waals surface area (Å²) in [5.74, 6) is 0.380. The summed E-state index contributed by atoms with van der Waals surface area (Å²) >= 11 is 0. The number of hydrogen-bond acceptors (Lipinski definition) is 5. The largest absolute Gasteiger partial charge is 0.489 e. The molecule has 2 amide bonds. The van der Waals surface area contributed by atoms with Crippen LogP contribution in [-0.2, 0) is 16.2 Å². The summed E-state index contributed by atoms with van der Waals surface area (Å²) < 4.78 is 5.77. The van der Waals surface area contributed by atoms with Crippen LogP contribution in [0.3, 0.4) is 0 Å². The lowest BCUT2D eigenvalue weighted by molar-refractivity contribution is -0.131. The van der Waals surface area contributed by atoms with E-state index >= 15 is 0 Å². The van der Waals surface area contributed by atoms with Crippen LogP contribution in [0, 0.1) is 11.3 Å². The van der Waals surface area contributed by atoms with E-state index in [1.807, 2.05) is 30.3 Å². The minimum atomic E-state index is -0.239. The number of anilines is 1. The molecule has 0 spiro atoms. The Kier molecular flexibility index (Phi) is 7.06. The third-order valence-corrected chi connectivity index (χ3v) is 4.64. The highest BCUT2D eigenvalue weighted by Gasteiger charge is 2.17. The zero-order valence-electron chi connectivity index (χ0n) is 16.2. The molecule has 2 N–H and O–H groups in total. The smallest absolute Gasteiger partial charge is 0.241 e. The van der Waals surface area contributed by atoms with E-state index < -0.39 is 0 Å². The molecule has 0 unspecified atom stereocenters. The number of carbonyl (C=O) groups is 2. The highest BCUT2D eigenvalue weighted by Crippen LogP contribution is 2.18. The van der Waals surface area contributed by atoms with E-state index in [1.54, 1.807) is 23.1 Å². The summed E-state index contributed by atoms with van der Waals surface area (Å²) in [5, 5.41) is 14.6. The van der Waals surface area contributed by atoms with Gasteiger partial charge in [-0.15, -0.1) is 0 Å². The highest BCUT2D eigenvalue weighted by molar-refractivity contribution is 5.86. The van der Waals surface area contributed by atoms with Crippen molar-refractivity contribution in [2.75, 3.05) is 31.5 Å². The Morgan fingerprint density at radius 1 is 1.07 bits per heavy atom. The van der Waals surface area contributed by atoms with Crippen LogP contribution >= 0.6 is 0 Å². The standard InChI is InChI=1S/C22H24N4O3/c23-13-17-5-3-6-18(11-17)16-29-20-8-4-7-19(12-20)24-14-21(27)25-15-22(28)26-9-1-2-10-26/h3-8,11-12,24H,1-2,9-10,14-16H2,(H,25,27). The Morgan fingerprint density at radius 2 is 1.86 bits per heavy atom. The second kappa shape index (κ2) is 10.1. The van der Waals surface area contributed by atoms with Crippen molar-refractivity contribution in [3.8, 4) is 11.8 Å². The molecular weight excluding hydrogens is 368 g/mol. The number of nitriles is 1. The van der Waals surface area contributed by atoms with Gasteiger partial charge in [-0.25, -0.2) is 0 Å². The van der Waals surface area contributed by atoms with Crippen LogP contribution < -0.4 is 15.4 Å². The van der Waals surface area contributed by atoms with Crippen LogP contribution in [0.2, 0.25) is 0 Å². The minimum Gasteiger partial charge on any atom is -0.489 e. The van der Waals surface area contributed by atoms with E-state index in [2.05, 4.69) is 16.7 Å². The molecule has 0 atom stereocenters. The number of rotatable bonds is 8. The molecule has 29 heavy (non-hydrogen) atoms. The van der Waals surface area contributed by atoms with Gasteiger partial charge >= 0.3 is 0 Å². The Bertz CT molecular complexity index is 901. The Hall–Kier alpha value is -3.53. The van der Waals surface area contributed by atoms with Gasteiger partial charge in [-0.2, -0.15) is 5.26 Å². The first-order valence-corrected chi connectivity index (χ1v) is 9.64. The molecule has 3 rings (SSSR count). The molecule has 2 aromatic carbocycles. The number of nitrogens with one attached hydrogen (secondary N) is 2. The second-order valence-electron chi connectivity index (χ2n) is 6.85. The lowest BCUT2D eigenvalue weighted by atomic mass is 10.1. The SMILES string of the molecule is N#Cc1cccc(COc2cccc(NCC(=O)NCC(=O)N3CCCC3)c2)c1. The number of benzene rings is 2. The predicted molar refractivity (Wildman–Crippen MR) is 109 cm³/mol. The summed E-state index contributed by atoms with van der Waals surface area (Å²) in [6.07, 6.45) is 2.06. The van der Waals surface area contributed by atoms with Crippen LogP contribution in [0.25, 0.3) is 0 Å². The van der Waals surface area contributed by atoms with E-state index in [0.29, 0.717) is 17.9 Å². The fraction of sp³-hybridized carbons (Fsp3) is 0.318. The maximum absolute atomic E-state index is 12.0. The third-order valence-electron chi connectivity index (χ3n) is 4.64. The molecule has 0 saturated carbocycles. The van der Waals surface area contributed by atoms with Crippen LogP contribution in [0.15, 0.2) is 48.5 Å². The van der Waals surface area contributed by atoms with Gasteiger partial charge in [-0.3, -0.25) is 9.59 Å². The Morgan fingerprint density at radius 3 is 2.66 bits per heavy atom. The second-order valence-corrected chi connectivity index (χ2v) is 6.85. The van der Waals surface area contributed by atoms with Gasteiger partial charge < -0.3 is 20.3 Å². The Labute approximate surface area is 170 Å². The van der Waals surface area contributed by atoms with Gasteiger partial charge in [0.25, 0.3) is 0 Å². The highest BCUT2D eigenvalue weighted by atomic mass is 16.5. The summed E-state index contributed by atoms with van der Waals surface area (Å²) in [5.41, 5.74) is 2.24. The average molecular weight is 392 g/mol. The summed E-state index contributed by atoms with van der Waals surface area (Å²) in [6.45, 7) is 2.01. The molecule has 0 bridgehead atoms. The van der Waals surface area contributed by atoms with Gasteiger partial charge in [0.15, 0.2) is 0 Å². The van der Waals surface area contributed by atoms with Crippen LogP contribution in [0.5, 0.6) is 5.75 Å². The van der Waals surface area contributed by atoms with Gasteiger partial charge in [-0.1, -0.05) is 18.2 Å². The van der Waals surface area contributed by atoms with Crippen molar-refractivity contribution in [2.24, 2.45) is 0 Å². The fourth-order valence-corrected chi connectivity index (χ4v) is 3.09. The summed E-state index contributed by atoms with van der Waals surface area (Å²) in [7, 11) is 0. The number of amides is 2.